The molecule has 0 spiro atoms. The molecule has 0 saturated heterocycles. The molecule has 1 aromatic carbocycles. The molecule has 1 rings (SSSR count). The van der Waals surface area contributed by atoms with Crippen molar-refractivity contribution in [2.75, 3.05) is 18.5 Å². The molecule has 0 unspecified atom stereocenters. The number of hydrogen-bond acceptors (Lipinski definition) is 3. The summed E-state index contributed by atoms with van der Waals surface area (Å²) in [6.07, 6.45) is 3.44. The predicted octanol–water partition coefficient (Wildman–Crippen LogP) is 1.35. The third kappa shape index (κ3) is 3.17. The van der Waals surface area contributed by atoms with Crippen molar-refractivity contribution in [3.8, 4) is 5.75 Å². The Kier molecular flexibility index (Phi) is 3.85. The summed E-state index contributed by atoms with van der Waals surface area (Å²) in [5.74, 6) is 0.236. The highest BCUT2D eigenvalue weighted by Crippen LogP contribution is 2.20. The van der Waals surface area contributed by atoms with Gasteiger partial charge in [0, 0.05) is 6.54 Å². The van der Waals surface area contributed by atoms with Gasteiger partial charge < -0.3 is 15.5 Å². The molecule has 1 aromatic rings. The first-order chi connectivity index (χ1) is 6.34. The lowest BCUT2D eigenvalue weighted by Gasteiger charge is -2.04. The average molecular weight is 179 g/mol. The topological polar surface area (TPSA) is 52.5 Å². The molecule has 70 valence electrons. The van der Waals surface area contributed by atoms with Crippen LogP contribution < -0.4 is 5.32 Å². The van der Waals surface area contributed by atoms with E-state index in [0.29, 0.717) is 12.2 Å². The summed E-state index contributed by atoms with van der Waals surface area (Å²) in [6, 6.07) is 7.03. The molecular formula is C10H13NO2. The number of phenols is 1. The second kappa shape index (κ2) is 5.22. The fourth-order valence-corrected chi connectivity index (χ4v) is 0.950. The highest BCUT2D eigenvalue weighted by atomic mass is 16.3. The van der Waals surface area contributed by atoms with Crippen molar-refractivity contribution in [2.24, 2.45) is 0 Å². The molecule has 13 heavy (non-hydrogen) atoms. The Balaban J connectivity index is 2.45. The minimum absolute atomic E-state index is 0.0441. The maximum absolute atomic E-state index is 9.33. The van der Waals surface area contributed by atoms with Gasteiger partial charge in [-0.25, -0.2) is 0 Å². The molecule has 0 amide bonds. The Hall–Kier alpha value is -1.48. The lowest BCUT2D eigenvalue weighted by atomic mass is 10.3. The number of nitrogens with one attached hydrogen (secondary N) is 1. The first-order valence-electron chi connectivity index (χ1n) is 4.12. The molecule has 0 aliphatic rings. The van der Waals surface area contributed by atoms with Gasteiger partial charge in [0.15, 0.2) is 0 Å². The standard InChI is InChI=1S/C10H13NO2/c12-8-4-3-7-11-9-5-1-2-6-10(9)13/h1-6,11-13H,7-8H2/b4-3+. The quantitative estimate of drug-likeness (QED) is 0.483. The van der Waals surface area contributed by atoms with Gasteiger partial charge in [-0.15, -0.1) is 0 Å². The van der Waals surface area contributed by atoms with Gasteiger partial charge in [-0.3, -0.25) is 0 Å². The molecule has 0 aromatic heterocycles. The molecule has 0 heterocycles. The van der Waals surface area contributed by atoms with Crippen molar-refractivity contribution in [3.05, 3.63) is 36.4 Å². The second-order valence-electron chi connectivity index (χ2n) is 2.55. The first-order valence-corrected chi connectivity index (χ1v) is 4.12. The van der Waals surface area contributed by atoms with Gasteiger partial charge in [-0.2, -0.15) is 0 Å². The summed E-state index contributed by atoms with van der Waals surface area (Å²) in [5, 5.41) is 20.8. The summed E-state index contributed by atoms with van der Waals surface area (Å²) >= 11 is 0. The maximum Gasteiger partial charge on any atom is 0.138 e. The molecule has 0 bridgehead atoms. The van der Waals surface area contributed by atoms with Crippen molar-refractivity contribution in [1.82, 2.24) is 0 Å². The lowest BCUT2D eigenvalue weighted by molar-refractivity contribution is 0.342. The van der Waals surface area contributed by atoms with Gasteiger partial charge in [0.2, 0.25) is 0 Å². The predicted molar refractivity (Wildman–Crippen MR) is 52.8 cm³/mol. The minimum atomic E-state index is 0.0441. The molecule has 0 aliphatic heterocycles. The highest BCUT2D eigenvalue weighted by Gasteiger charge is 1.94. The van der Waals surface area contributed by atoms with Gasteiger partial charge in [-0.05, 0) is 12.1 Å². The smallest absolute Gasteiger partial charge is 0.138 e. The van der Waals surface area contributed by atoms with Crippen LogP contribution in [0.5, 0.6) is 5.75 Å². The van der Waals surface area contributed by atoms with Gasteiger partial charge in [-0.1, -0.05) is 24.3 Å². The molecule has 0 atom stereocenters. The number of aromatic hydroxyl groups is 1. The van der Waals surface area contributed by atoms with Crippen LogP contribution in [0.4, 0.5) is 5.69 Å². The van der Waals surface area contributed by atoms with E-state index in [-0.39, 0.29) is 12.4 Å². The molecular weight excluding hydrogens is 166 g/mol. The largest absolute Gasteiger partial charge is 0.506 e. The SMILES string of the molecule is OC/C=C/CNc1ccccc1O. The van der Waals surface area contributed by atoms with Crippen molar-refractivity contribution in [3.63, 3.8) is 0 Å². The van der Waals surface area contributed by atoms with E-state index in [2.05, 4.69) is 5.32 Å². The molecule has 3 heteroatoms. The van der Waals surface area contributed by atoms with Crippen molar-refractivity contribution in [1.29, 1.82) is 0 Å². The van der Waals surface area contributed by atoms with Crippen LogP contribution in [0, 0.1) is 0 Å². The van der Waals surface area contributed by atoms with Crippen LogP contribution in [-0.2, 0) is 0 Å². The first kappa shape index (κ1) is 9.61. The van der Waals surface area contributed by atoms with Crippen LogP contribution in [-0.4, -0.2) is 23.4 Å². The number of anilines is 1. The lowest BCUT2D eigenvalue weighted by Crippen LogP contribution is -1.98. The number of aliphatic hydroxyl groups is 1. The van der Waals surface area contributed by atoms with Crippen LogP contribution in [0.1, 0.15) is 0 Å². The number of phenolic OH excluding ortho intramolecular Hbond substituents is 1. The molecule has 0 aliphatic carbocycles. The number of benzene rings is 1. The molecule has 3 nitrogen and oxygen atoms in total. The minimum Gasteiger partial charge on any atom is -0.506 e. The van der Waals surface area contributed by atoms with E-state index in [0.717, 1.165) is 0 Å². The third-order valence-corrected chi connectivity index (χ3v) is 1.59. The molecule has 0 radical (unpaired) electrons. The summed E-state index contributed by atoms with van der Waals surface area (Å²) < 4.78 is 0. The van der Waals surface area contributed by atoms with Gasteiger partial charge in [0.05, 0.1) is 12.3 Å². The maximum atomic E-state index is 9.33. The molecule has 3 N–H and O–H groups in total. The summed E-state index contributed by atoms with van der Waals surface area (Å²) in [6.45, 7) is 0.639. The third-order valence-electron chi connectivity index (χ3n) is 1.59. The van der Waals surface area contributed by atoms with Crippen molar-refractivity contribution >= 4 is 5.69 Å². The Morgan fingerprint density at radius 3 is 2.69 bits per heavy atom. The Morgan fingerprint density at radius 1 is 1.23 bits per heavy atom. The zero-order chi connectivity index (χ0) is 9.52. The van der Waals surface area contributed by atoms with Gasteiger partial charge >= 0.3 is 0 Å². The molecule has 0 saturated carbocycles. The number of para-hydroxylation sites is 2. The van der Waals surface area contributed by atoms with E-state index in [4.69, 9.17) is 5.11 Å². The van der Waals surface area contributed by atoms with Crippen LogP contribution >= 0.6 is 0 Å². The highest BCUT2D eigenvalue weighted by molar-refractivity contribution is 5.55. The van der Waals surface area contributed by atoms with Crippen LogP contribution in [0.25, 0.3) is 0 Å². The Morgan fingerprint density at radius 2 is 2.00 bits per heavy atom. The average Bonchev–Trinajstić information content (AvgIpc) is 2.15. The van der Waals surface area contributed by atoms with E-state index >= 15 is 0 Å². The normalized spacial score (nSPS) is 10.5. The monoisotopic (exact) mass is 179 g/mol. The second-order valence-corrected chi connectivity index (χ2v) is 2.55. The van der Waals surface area contributed by atoms with Gasteiger partial charge in [0.25, 0.3) is 0 Å². The van der Waals surface area contributed by atoms with E-state index in [1.165, 1.54) is 0 Å². The van der Waals surface area contributed by atoms with E-state index in [9.17, 15) is 5.11 Å². The Bertz CT molecular complexity index is 284. The Labute approximate surface area is 77.3 Å². The zero-order valence-electron chi connectivity index (χ0n) is 7.27. The number of aliphatic hydroxyl groups excluding tert-OH is 1. The van der Waals surface area contributed by atoms with E-state index < -0.39 is 0 Å². The van der Waals surface area contributed by atoms with Crippen LogP contribution in [0.3, 0.4) is 0 Å². The van der Waals surface area contributed by atoms with Gasteiger partial charge in [0.1, 0.15) is 5.75 Å². The van der Waals surface area contributed by atoms with Crippen LogP contribution in [0.15, 0.2) is 36.4 Å². The van der Waals surface area contributed by atoms with E-state index in [1.54, 1.807) is 30.4 Å². The zero-order valence-corrected chi connectivity index (χ0v) is 7.27. The van der Waals surface area contributed by atoms with E-state index in [1.807, 2.05) is 6.07 Å². The molecule has 0 fully saturated rings. The fraction of sp³-hybridized carbons (Fsp3) is 0.200. The number of hydrogen-bond donors (Lipinski definition) is 3. The fourth-order valence-electron chi connectivity index (χ4n) is 0.950. The number of rotatable bonds is 4. The van der Waals surface area contributed by atoms with Crippen molar-refractivity contribution < 1.29 is 10.2 Å². The van der Waals surface area contributed by atoms with Crippen LogP contribution in [0.2, 0.25) is 0 Å². The summed E-state index contributed by atoms with van der Waals surface area (Å²) in [4.78, 5) is 0. The summed E-state index contributed by atoms with van der Waals surface area (Å²) in [7, 11) is 0. The van der Waals surface area contributed by atoms with Crippen molar-refractivity contribution in [2.45, 2.75) is 0 Å². The summed E-state index contributed by atoms with van der Waals surface area (Å²) in [5.41, 5.74) is 0.699.